The number of benzene rings is 1. The Morgan fingerprint density at radius 1 is 1.29 bits per heavy atom. The molecule has 0 radical (unpaired) electrons. The van der Waals surface area contributed by atoms with Gasteiger partial charge in [-0.25, -0.2) is 5.43 Å². The highest BCUT2D eigenvalue weighted by Crippen LogP contribution is 2.11. The summed E-state index contributed by atoms with van der Waals surface area (Å²) in [6, 6.07) is 9.53. The van der Waals surface area contributed by atoms with Crippen LogP contribution in [0.4, 0.5) is 5.69 Å². The lowest BCUT2D eigenvalue weighted by Gasteiger charge is -2.11. The Kier molecular flexibility index (Phi) is 5.05. The lowest BCUT2D eigenvalue weighted by Crippen LogP contribution is -2.17. The van der Waals surface area contributed by atoms with Gasteiger partial charge in [0.2, 0.25) is 0 Å². The summed E-state index contributed by atoms with van der Waals surface area (Å²) >= 11 is 3.27. The van der Waals surface area contributed by atoms with Crippen molar-refractivity contribution in [1.82, 2.24) is 10.4 Å². The number of carbonyl (C=O) groups is 1. The van der Waals surface area contributed by atoms with Crippen LogP contribution in [0.2, 0.25) is 0 Å². The summed E-state index contributed by atoms with van der Waals surface area (Å²) in [5.41, 5.74) is 4.94. The molecule has 2 aromatic rings. The maximum Gasteiger partial charge on any atom is 0.272 e. The molecule has 0 unspecified atom stereocenters. The Labute approximate surface area is 131 Å². The van der Waals surface area contributed by atoms with Crippen molar-refractivity contribution in [2.45, 2.75) is 0 Å². The molecule has 0 spiro atoms. The van der Waals surface area contributed by atoms with Gasteiger partial charge in [-0.1, -0.05) is 12.1 Å². The van der Waals surface area contributed by atoms with Gasteiger partial charge in [0.15, 0.2) is 0 Å². The fraction of sp³-hybridized carbons (Fsp3) is 0.133. The summed E-state index contributed by atoms with van der Waals surface area (Å²) in [4.78, 5) is 17.8. The molecule has 1 amide bonds. The van der Waals surface area contributed by atoms with Gasteiger partial charge < -0.3 is 4.90 Å². The number of nitrogens with one attached hydrogen (secondary N) is 1. The lowest BCUT2D eigenvalue weighted by atomic mass is 10.2. The maximum absolute atomic E-state index is 11.8. The van der Waals surface area contributed by atoms with E-state index in [9.17, 15) is 4.79 Å². The van der Waals surface area contributed by atoms with E-state index in [0.717, 1.165) is 15.7 Å². The van der Waals surface area contributed by atoms with Gasteiger partial charge in [0.25, 0.3) is 5.91 Å². The van der Waals surface area contributed by atoms with Crippen molar-refractivity contribution in [2.24, 2.45) is 5.10 Å². The van der Waals surface area contributed by atoms with Gasteiger partial charge in [0.05, 0.1) is 11.8 Å². The summed E-state index contributed by atoms with van der Waals surface area (Å²) in [6.45, 7) is 0. The zero-order valence-corrected chi connectivity index (χ0v) is 13.3. The van der Waals surface area contributed by atoms with Gasteiger partial charge in [-0.2, -0.15) is 5.10 Å². The highest BCUT2D eigenvalue weighted by Gasteiger charge is 2.04. The molecular formula is C15H15BrN4O. The second kappa shape index (κ2) is 6.99. The van der Waals surface area contributed by atoms with Gasteiger partial charge in [-0.05, 0) is 39.7 Å². The van der Waals surface area contributed by atoms with E-state index in [0.29, 0.717) is 5.56 Å². The standard InChI is InChI=1S/C15H15BrN4O/c1-20(2)14-5-3-11(4-6-14)8-18-19-15(21)12-7-13(16)10-17-9-12/h3-10H,1-2H3,(H,19,21)/b18-8+. The van der Waals surface area contributed by atoms with Crippen LogP contribution < -0.4 is 10.3 Å². The third-order valence-corrected chi connectivity index (χ3v) is 3.19. The summed E-state index contributed by atoms with van der Waals surface area (Å²) < 4.78 is 0.749. The third-order valence-electron chi connectivity index (χ3n) is 2.76. The minimum atomic E-state index is -0.301. The van der Waals surface area contributed by atoms with Crippen LogP contribution in [0.15, 0.2) is 52.3 Å². The van der Waals surface area contributed by atoms with Crippen LogP contribution in [0.5, 0.6) is 0 Å². The smallest absolute Gasteiger partial charge is 0.272 e. The maximum atomic E-state index is 11.8. The average Bonchev–Trinajstić information content (AvgIpc) is 2.47. The van der Waals surface area contributed by atoms with Crippen molar-refractivity contribution in [3.8, 4) is 0 Å². The molecule has 0 bridgehead atoms. The van der Waals surface area contributed by atoms with Crippen LogP contribution in [0.25, 0.3) is 0 Å². The summed E-state index contributed by atoms with van der Waals surface area (Å²) in [5.74, 6) is -0.301. The van der Waals surface area contributed by atoms with Crippen LogP contribution in [0.3, 0.4) is 0 Å². The number of rotatable bonds is 4. The molecule has 21 heavy (non-hydrogen) atoms. The number of aromatic nitrogens is 1. The first-order valence-corrected chi connectivity index (χ1v) is 7.07. The zero-order chi connectivity index (χ0) is 15.2. The molecule has 0 atom stereocenters. The van der Waals surface area contributed by atoms with Crippen LogP contribution in [0.1, 0.15) is 15.9 Å². The van der Waals surface area contributed by atoms with E-state index in [4.69, 9.17) is 0 Å². The third kappa shape index (κ3) is 4.39. The highest BCUT2D eigenvalue weighted by atomic mass is 79.9. The molecule has 2 rings (SSSR count). The van der Waals surface area contributed by atoms with E-state index >= 15 is 0 Å². The van der Waals surface area contributed by atoms with Gasteiger partial charge in [0.1, 0.15) is 0 Å². The SMILES string of the molecule is CN(C)c1ccc(/C=N/NC(=O)c2cncc(Br)c2)cc1. The zero-order valence-electron chi connectivity index (χ0n) is 11.7. The first-order chi connectivity index (χ1) is 10.1. The minimum absolute atomic E-state index is 0.301. The molecule has 108 valence electrons. The number of halogens is 1. The number of amides is 1. The first kappa shape index (κ1) is 15.2. The molecule has 5 nitrogen and oxygen atoms in total. The predicted octanol–water partition coefficient (Wildman–Crippen LogP) is 2.67. The van der Waals surface area contributed by atoms with E-state index < -0.39 is 0 Å². The van der Waals surface area contributed by atoms with Gasteiger partial charge >= 0.3 is 0 Å². The predicted molar refractivity (Wildman–Crippen MR) is 87.8 cm³/mol. The van der Waals surface area contributed by atoms with Crippen LogP contribution in [-0.2, 0) is 0 Å². The average molecular weight is 347 g/mol. The van der Waals surface area contributed by atoms with E-state index in [1.165, 1.54) is 6.20 Å². The van der Waals surface area contributed by atoms with Crippen molar-refractivity contribution in [2.75, 3.05) is 19.0 Å². The minimum Gasteiger partial charge on any atom is -0.378 e. The van der Waals surface area contributed by atoms with Gasteiger partial charge in [-0.3, -0.25) is 9.78 Å². The quantitative estimate of drug-likeness (QED) is 0.683. The van der Waals surface area contributed by atoms with Crippen molar-refractivity contribution in [3.63, 3.8) is 0 Å². The topological polar surface area (TPSA) is 57.6 Å². The van der Waals surface area contributed by atoms with Gasteiger partial charge in [0, 0.05) is 36.6 Å². The molecule has 0 aliphatic rings. The Hall–Kier alpha value is -2.21. The fourth-order valence-electron chi connectivity index (χ4n) is 1.62. The summed E-state index contributed by atoms with van der Waals surface area (Å²) in [5, 5.41) is 3.94. The van der Waals surface area contributed by atoms with E-state index in [1.54, 1.807) is 18.5 Å². The largest absolute Gasteiger partial charge is 0.378 e. The summed E-state index contributed by atoms with van der Waals surface area (Å²) in [7, 11) is 3.96. The van der Waals surface area contributed by atoms with Crippen molar-refractivity contribution in [3.05, 3.63) is 58.3 Å². The van der Waals surface area contributed by atoms with E-state index in [-0.39, 0.29) is 5.91 Å². The van der Waals surface area contributed by atoms with Crippen LogP contribution in [-0.4, -0.2) is 31.2 Å². The molecule has 1 aromatic heterocycles. The number of pyridine rings is 1. The molecule has 1 heterocycles. The second-order valence-corrected chi connectivity index (χ2v) is 5.49. The molecule has 0 aliphatic carbocycles. The Morgan fingerprint density at radius 2 is 2.00 bits per heavy atom. The fourth-order valence-corrected chi connectivity index (χ4v) is 1.99. The molecule has 0 fully saturated rings. The number of hydrogen-bond acceptors (Lipinski definition) is 4. The summed E-state index contributed by atoms with van der Waals surface area (Å²) in [6.07, 6.45) is 4.70. The Bertz CT molecular complexity index is 653. The second-order valence-electron chi connectivity index (χ2n) is 4.58. The number of carbonyl (C=O) groups excluding carboxylic acids is 1. The molecular weight excluding hydrogens is 332 g/mol. The molecule has 0 saturated heterocycles. The number of nitrogens with zero attached hydrogens (tertiary/aromatic N) is 3. The number of hydrazone groups is 1. The van der Waals surface area contributed by atoms with Crippen molar-refractivity contribution in [1.29, 1.82) is 0 Å². The van der Waals surface area contributed by atoms with Gasteiger partial charge in [-0.15, -0.1) is 0 Å². The molecule has 6 heteroatoms. The first-order valence-electron chi connectivity index (χ1n) is 6.27. The Balaban J connectivity index is 1.97. The number of anilines is 1. The van der Waals surface area contributed by atoms with Crippen LogP contribution >= 0.6 is 15.9 Å². The molecule has 0 saturated carbocycles. The Morgan fingerprint density at radius 3 is 2.62 bits per heavy atom. The monoisotopic (exact) mass is 346 g/mol. The normalized spacial score (nSPS) is 10.6. The lowest BCUT2D eigenvalue weighted by molar-refractivity contribution is 0.0954. The highest BCUT2D eigenvalue weighted by molar-refractivity contribution is 9.10. The van der Waals surface area contributed by atoms with E-state index in [2.05, 4.69) is 31.4 Å². The molecule has 1 N–H and O–H groups in total. The van der Waals surface area contributed by atoms with Crippen LogP contribution in [0, 0.1) is 0 Å². The van der Waals surface area contributed by atoms with Crippen molar-refractivity contribution >= 4 is 33.7 Å². The van der Waals surface area contributed by atoms with Crippen molar-refractivity contribution < 1.29 is 4.79 Å². The molecule has 0 aliphatic heterocycles. The number of hydrogen-bond donors (Lipinski definition) is 1. The van der Waals surface area contributed by atoms with E-state index in [1.807, 2.05) is 43.3 Å². The molecule has 1 aromatic carbocycles.